The molecular weight excluding hydrogens is 260 g/mol. The van der Waals surface area contributed by atoms with Crippen molar-refractivity contribution in [3.05, 3.63) is 23.8 Å². The van der Waals surface area contributed by atoms with Crippen LogP contribution in [0.25, 0.3) is 11.0 Å². The number of nitrogens with one attached hydrogen (secondary N) is 1. The Morgan fingerprint density at radius 1 is 1.35 bits per heavy atom. The SMILES string of the molecule is CC(C)(C)NC(=O)Cn1nnc2c(C(=O)O)cccc21. The van der Waals surface area contributed by atoms with Gasteiger partial charge in [-0.3, -0.25) is 4.79 Å². The van der Waals surface area contributed by atoms with Gasteiger partial charge >= 0.3 is 5.97 Å². The van der Waals surface area contributed by atoms with Crippen molar-refractivity contribution in [1.29, 1.82) is 0 Å². The zero-order chi connectivity index (χ0) is 14.9. The average molecular weight is 276 g/mol. The average Bonchev–Trinajstić information content (AvgIpc) is 2.69. The van der Waals surface area contributed by atoms with E-state index < -0.39 is 5.97 Å². The van der Waals surface area contributed by atoms with Gasteiger partial charge in [0.2, 0.25) is 5.91 Å². The Bertz CT molecular complexity index is 670. The molecule has 2 rings (SSSR count). The monoisotopic (exact) mass is 276 g/mol. The van der Waals surface area contributed by atoms with Gasteiger partial charge in [0, 0.05) is 5.54 Å². The minimum atomic E-state index is -1.07. The first-order chi connectivity index (χ1) is 9.28. The van der Waals surface area contributed by atoms with E-state index >= 15 is 0 Å². The molecule has 0 bridgehead atoms. The lowest BCUT2D eigenvalue weighted by Crippen LogP contribution is -2.42. The fourth-order valence-electron chi connectivity index (χ4n) is 1.87. The highest BCUT2D eigenvalue weighted by atomic mass is 16.4. The summed E-state index contributed by atoms with van der Waals surface area (Å²) in [6.45, 7) is 5.64. The summed E-state index contributed by atoms with van der Waals surface area (Å²) in [6.07, 6.45) is 0. The maximum Gasteiger partial charge on any atom is 0.338 e. The number of benzene rings is 1. The van der Waals surface area contributed by atoms with Crippen LogP contribution < -0.4 is 5.32 Å². The number of hydrogen-bond acceptors (Lipinski definition) is 4. The third kappa shape index (κ3) is 2.93. The molecule has 0 fully saturated rings. The van der Waals surface area contributed by atoms with Crippen LogP contribution in [0.2, 0.25) is 0 Å². The molecule has 20 heavy (non-hydrogen) atoms. The molecule has 106 valence electrons. The predicted octanol–water partition coefficient (Wildman–Crippen LogP) is 1.04. The van der Waals surface area contributed by atoms with Crippen molar-refractivity contribution in [2.45, 2.75) is 32.9 Å². The van der Waals surface area contributed by atoms with Crippen LogP contribution in [0.5, 0.6) is 0 Å². The Kier molecular flexibility index (Phi) is 3.44. The van der Waals surface area contributed by atoms with Crippen LogP contribution in [-0.4, -0.2) is 37.5 Å². The van der Waals surface area contributed by atoms with Gasteiger partial charge in [0.05, 0.1) is 11.1 Å². The number of nitrogens with zero attached hydrogens (tertiary/aromatic N) is 3. The summed E-state index contributed by atoms with van der Waals surface area (Å²) in [6, 6.07) is 4.75. The van der Waals surface area contributed by atoms with E-state index in [-0.39, 0.29) is 29.1 Å². The number of hydrogen-bond donors (Lipinski definition) is 2. The molecule has 2 N–H and O–H groups in total. The molecule has 1 aromatic heterocycles. The van der Waals surface area contributed by atoms with Gasteiger partial charge in [0.1, 0.15) is 12.1 Å². The molecular formula is C13H16N4O3. The Labute approximate surface area is 115 Å². The largest absolute Gasteiger partial charge is 0.478 e. The van der Waals surface area contributed by atoms with E-state index in [2.05, 4.69) is 15.6 Å². The van der Waals surface area contributed by atoms with Gasteiger partial charge in [0.25, 0.3) is 0 Å². The molecule has 2 aromatic rings. The molecule has 0 aliphatic heterocycles. The number of aromatic carboxylic acids is 1. The van der Waals surface area contributed by atoms with Crippen molar-refractivity contribution in [2.24, 2.45) is 0 Å². The first-order valence-corrected chi connectivity index (χ1v) is 6.14. The van der Waals surface area contributed by atoms with Crippen molar-refractivity contribution in [1.82, 2.24) is 20.3 Å². The second-order valence-corrected chi connectivity index (χ2v) is 5.52. The van der Waals surface area contributed by atoms with Crippen LogP contribution in [-0.2, 0) is 11.3 Å². The van der Waals surface area contributed by atoms with Gasteiger partial charge in [-0.25, -0.2) is 9.48 Å². The molecule has 1 amide bonds. The van der Waals surface area contributed by atoms with Crippen molar-refractivity contribution in [3.8, 4) is 0 Å². The number of aromatic nitrogens is 3. The Morgan fingerprint density at radius 3 is 2.65 bits per heavy atom. The van der Waals surface area contributed by atoms with Crippen molar-refractivity contribution in [3.63, 3.8) is 0 Å². The fourth-order valence-corrected chi connectivity index (χ4v) is 1.87. The molecule has 7 heteroatoms. The molecule has 0 aliphatic rings. The first kappa shape index (κ1) is 14.0. The number of fused-ring (bicyclic) bond motifs is 1. The lowest BCUT2D eigenvalue weighted by molar-refractivity contribution is -0.123. The van der Waals surface area contributed by atoms with Gasteiger partial charge in [-0.05, 0) is 32.9 Å². The van der Waals surface area contributed by atoms with Crippen LogP contribution in [0.4, 0.5) is 0 Å². The summed E-state index contributed by atoms with van der Waals surface area (Å²) in [5, 5.41) is 19.6. The molecule has 7 nitrogen and oxygen atoms in total. The van der Waals surface area contributed by atoms with Gasteiger partial charge in [-0.15, -0.1) is 5.10 Å². The summed E-state index contributed by atoms with van der Waals surface area (Å²) in [7, 11) is 0. The van der Waals surface area contributed by atoms with E-state index in [0.717, 1.165) is 0 Å². The van der Waals surface area contributed by atoms with Gasteiger partial charge in [-0.1, -0.05) is 11.3 Å². The van der Waals surface area contributed by atoms with E-state index in [4.69, 9.17) is 5.11 Å². The van der Waals surface area contributed by atoms with Gasteiger partial charge < -0.3 is 10.4 Å². The third-order valence-electron chi connectivity index (χ3n) is 2.58. The molecule has 0 saturated heterocycles. The molecule has 0 atom stereocenters. The smallest absolute Gasteiger partial charge is 0.338 e. The Balaban J connectivity index is 2.31. The standard InChI is InChI=1S/C13H16N4O3/c1-13(2,3)14-10(18)7-17-9-6-4-5-8(12(19)20)11(9)15-16-17/h4-6H,7H2,1-3H3,(H,14,18)(H,19,20). The van der Waals surface area contributed by atoms with Gasteiger partial charge in [-0.2, -0.15) is 0 Å². The Morgan fingerprint density at radius 2 is 2.05 bits per heavy atom. The molecule has 0 aliphatic carbocycles. The highest BCUT2D eigenvalue weighted by Crippen LogP contribution is 2.16. The van der Waals surface area contributed by atoms with E-state index in [1.807, 2.05) is 20.8 Å². The van der Waals surface area contributed by atoms with Crippen LogP contribution in [0, 0.1) is 0 Å². The molecule has 1 heterocycles. The molecule has 1 aromatic carbocycles. The number of amides is 1. The third-order valence-corrected chi connectivity index (χ3v) is 2.58. The Hall–Kier alpha value is -2.44. The van der Waals surface area contributed by atoms with Crippen LogP contribution in [0.1, 0.15) is 31.1 Å². The predicted molar refractivity (Wildman–Crippen MR) is 72.4 cm³/mol. The van der Waals surface area contributed by atoms with E-state index in [1.54, 1.807) is 12.1 Å². The summed E-state index contributed by atoms with van der Waals surface area (Å²) >= 11 is 0. The van der Waals surface area contributed by atoms with Gasteiger partial charge in [0.15, 0.2) is 0 Å². The maximum absolute atomic E-state index is 11.9. The lowest BCUT2D eigenvalue weighted by Gasteiger charge is -2.20. The summed E-state index contributed by atoms with van der Waals surface area (Å²) in [4.78, 5) is 23.0. The zero-order valence-corrected chi connectivity index (χ0v) is 11.5. The summed E-state index contributed by atoms with van der Waals surface area (Å²) in [5.41, 5.74) is 0.544. The highest BCUT2D eigenvalue weighted by molar-refractivity contribution is 6.00. The summed E-state index contributed by atoms with van der Waals surface area (Å²) < 4.78 is 1.39. The van der Waals surface area contributed by atoms with Crippen molar-refractivity contribution < 1.29 is 14.7 Å². The maximum atomic E-state index is 11.9. The second kappa shape index (κ2) is 4.92. The minimum Gasteiger partial charge on any atom is -0.478 e. The van der Waals surface area contributed by atoms with Crippen molar-refractivity contribution in [2.75, 3.05) is 0 Å². The molecule has 0 unspecified atom stereocenters. The van der Waals surface area contributed by atoms with E-state index in [0.29, 0.717) is 5.52 Å². The van der Waals surface area contributed by atoms with E-state index in [1.165, 1.54) is 10.7 Å². The lowest BCUT2D eigenvalue weighted by atomic mass is 10.1. The number of rotatable bonds is 3. The molecule has 0 radical (unpaired) electrons. The fraction of sp³-hybridized carbons (Fsp3) is 0.385. The first-order valence-electron chi connectivity index (χ1n) is 6.14. The quantitative estimate of drug-likeness (QED) is 0.873. The topological polar surface area (TPSA) is 97.1 Å². The summed E-state index contributed by atoms with van der Waals surface area (Å²) in [5.74, 6) is -1.27. The van der Waals surface area contributed by atoms with Crippen LogP contribution >= 0.6 is 0 Å². The zero-order valence-electron chi connectivity index (χ0n) is 11.5. The number of carbonyl (C=O) groups excluding carboxylic acids is 1. The van der Waals surface area contributed by atoms with E-state index in [9.17, 15) is 9.59 Å². The highest BCUT2D eigenvalue weighted by Gasteiger charge is 2.17. The number of carbonyl (C=O) groups is 2. The molecule has 0 saturated carbocycles. The normalized spacial score (nSPS) is 11.6. The number of carboxylic acids is 1. The van der Waals surface area contributed by atoms with Crippen molar-refractivity contribution >= 4 is 22.9 Å². The van der Waals surface area contributed by atoms with Crippen LogP contribution in [0.3, 0.4) is 0 Å². The second-order valence-electron chi connectivity index (χ2n) is 5.52. The minimum absolute atomic E-state index is 0.00313. The van der Waals surface area contributed by atoms with Crippen LogP contribution in [0.15, 0.2) is 18.2 Å². The molecule has 0 spiro atoms. The number of carboxylic acid groups (broad SMARTS) is 1.